The third-order valence-electron chi connectivity index (χ3n) is 5.29. The predicted octanol–water partition coefficient (Wildman–Crippen LogP) is 4.32. The highest BCUT2D eigenvalue weighted by molar-refractivity contribution is 7.98. The number of benzene rings is 3. The zero-order valence-corrected chi connectivity index (χ0v) is 18.2. The lowest BCUT2D eigenvalue weighted by atomic mass is 10.1. The van der Waals surface area contributed by atoms with Crippen LogP contribution in [0.3, 0.4) is 0 Å². The Bertz CT molecular complexity index is 1590. The maximum absolute atomic E-state index is 14.0. The van der Waals surface area contributed by atoms with Crippen molar-refractivity contribution >= 4 is 22.7 Å². The second kappa shape index (κ2) is 8.51. The highest BCUT2D eigenvalue weighted by Crippen LogP contribution is 2.25. The fourth-order valence-corrected chi connectivity index (χ4v) is 3.93. The molecule has 0 fully saturated rings. The summed E-state index contributed by atoms with van der Waals surface area (Å²) in [7, 11) is 0. The fraction of sp³-hybridized carbons (Fsp3) is 0.0833. The van der Waals surface area contributed by atoms with Crippen LogP contribution < -0.4 is 11.2 Å². The van der Waals surface area contributed by atoms with Crippen LogP contribution in [-0.4, -0.2) is 25.9 Å². The van der Waals surface area contributed by atoms with E-state index in [0.717, 1.165) is 15.0 Å². The lowest BCUT2D eigenvalue weighted by Gasteiger charge is -2.08. The van der Waals surface area contributed by atoms with Gasteiger partial charge in [0.2, 0.25) is 5.82 Å². The molecule has 33 heavy (non-hydrogen) atoms. The summed E-state index contributed by atoms with van der Waals surface area (Å²) in [5.74, 6) is 0.221. The Labute approximate surface area is 190 Å². The van der Waals surface area contributed by atoms with Gasteiger partial charge in [-0.2, -0.15) is 4.98 Å². The van der Waals surface area contributed by atoms with Crippen molar-refractivity contribution in [1.82, 2.24) is 19.7 Å². The monoisotopic (exact) mass is 460 g/mol. The smallest absolute Gasteiger partial charge is 0.329 e. The lowest BCUT2D eigenvalue weighted by molar-refractivity contribution is 0.432. The van der Waals surface area contributed by atoms with E-state index in [9.17, 15) is 14.0 Å². The van der Waals surface area contributed by atoms with Gasteiger partial charge in [-0.25, -0.2) is 9.18 Å². The molecular formula is C24H17FN4O3S. The average Bonchev–Trinajstić information content (AvgIpc) is 3.33. The van der Waals surface area contributed by atoms with Crippen molar-refractivity contribution in [3.63, 3.8) is 0 Å². The first-order valence-electron chi connectivity index (χ1n) is 10.0. The van der Waals surface area contributed by atoms with Gasteiger partial charge in [-0.1, -0.05) is 23.4 Å². The molecule has 0 aliphatic rings. The zero-order chi connectivity index (χ0) is 22.9. The topological polar surface area (TPSA) is 93.8 Å². The second-order valence-corrected chi connectivity index (χ2v) is 8.20. The number of nitrogens with zero attached hydrogens (tertiary/aromatic N) is 3. The van der Waals surface area contributed by atoms with Crippen LogP contribution in [0.5, 0.6) is 0 Å². The van der Waals surface area contributed by atoms with Gasteiger partial charge in [0.15, 0.2) is 0 Å². The van der Waals surface area contributed by atoms with Gasteiger partial charge < -0.3 is 9.51 Å². The maximum Gasteiger partial charge on any atom is 0.329 e. The molecule has 0 bridgehead atoms. The van der Waals surface area contributed by atoms with Crippen molar-refractivity contribution in [2.24, 2.45) is 0 Å². The second-order valence-electron chi connectivity index (χ2n) is 7.32. The Hall–Kier alpha value is -3.98. The van der Waals surface area contributed by atoms with E-state index < -0.39 is 17.1 Å². The van der Waals surface area contributed by atoms with Gasteiger partial charge in [0, 0.05) is 21.6 Å². The molecule has 5 rings (SSSR count). The first kappa shape index (κ1) is 20.9. The first-order valence-corrected chi connectivity index (χ1v) is 11.2. The summed E-state index contributed by atoms with van der Waals surface area (Å²) < 4.78 is 20.4. The Morgan fingerprint density at radius 1 is 1.03 bits per heavy atom. The molecule has 2 aromatic heterocycles. The van der Waals surface area contributed by atoms with Crippen molar-refractivity contribution in [3.05, 3.63) is 98.9 Å². The van der Waals surface area contributed by atoms with Crippen LogP contribution in [0, 0.1) is 5.82 Å². The molecule has 0 saturated carbocycles. The first-order chi connectivity index (χ1) is 16.0. The minimum Gasteiger partial charge on any atom is -0.334 e. The van der Waals surface area contributed by atoms with Gasteiger partial charge in [0.25, 0.3) is 11.4 Å². The molecule has 0 saturated heterocycles. The SMILES string of the molecule is CSc1ccc(-c2noc(-c3ccc4c(=O)n(Cc5ccccc5F)c(=O)[nH]c4c3)n2)cc1. The maximum atomic E-state index is 14.0. The summed E-state index contributed by atoms with van der Waals surface area (Å²) in [5.41, 5.74) is 0.815. The molecule has 5 aromatic rings. The molecule has 0 unspecified atom stereocenters. The van der Waals surface area contributed by atoms with Gasteiger partial charge in [-0.15, -0.1) is 11.8 Å². The van der Waals surface area contributed by atoms with Crippen LogP contribution in [0.1, 0.15) is 5.56 Å². The van der Waals surface area contributed by atoms with Gasteiger partial charge in [0.05, 0.1) is 17.4 Å². The van der Waals surface area contributed by atoms with E-state index in [0.29, 0.717) is 22.3 Å². The number of nitrogens with one attached hydrogen (secondary N) is 1. The number of rotatable bonds is 5. The lowest BCUT2D eigenvalue weighted by Crippen LogP contribution is -2.35. The van der Waals surface area contributed by atoms with E-state index in [-0.39, 0.29) is 18.0 Å². The average molecular weight is 460 g/mol. The highest BCUT2D eigenvalue weighted by Gasteiger charge is 2.14. The van der Waals surface area contributed by atoms with E-state index in [4.69, 9.17) is 4.52 Å². The number of halogens is 1. The summed E-state index contributed by atoms with van der Waals surface area (Å²) in [6.45, 7) is -0.166. The van der Waals surface area contributed by atoms with Crippen LogP contribution in [-0.2, 0) is 6.54 Å². The minimum atomic E-state index is -0.631. The summed E-state index contributed by atoms with van der Waals surface area (Å²) in [6.07, 6.45) is 2.00. The molecular weight excluding hydrogens is 443 g/mol. The molecule has 0 radical (unpaired) electrons. The van der Waals surface area contributed by atoms with Crippen LogP contribution in [0.2, 0.25) is 0 Å². The summed E-state index contributed by atoms with van der Waals surface area (Å²) in [6, 6.07) is 18.7. The molecule has 9 heteroatoms. The Morgan fingerprint density at radius 3 is 2.55 bits per heavy atom. The molecule has 0 atom stereocenters. The standard InChI is InChI=1S/C24H17FN4O3S/c1-33-17-9-6-14(7-10-17)21-27-22(32-28-21)15-8-11-18-20(12-15)26-24(31)29(23(18)30)13-16-4-2-3-5-19(16)25/h2-12H,13H2,1H3,(H,26,31). The summed E-state index contributed by atoms with van der Waals surface area (Å²) in [4.78, 5) is 33.8. The van der Waals surface area contributed by atoms with E-state index in [1.165, 1.54) is 12.1 Å². The number of aromatic nitrogens is 4. The predicted molar refractivity (Wildman–Crippen MR) is 125 cm³/mol. The van der Waals surface area contributed by atoms with Crippen LogP contribution in [0.25, 0.3) is 33.7 Å². The third kappa shape index (κ3) is 3.98. The van der Waals surface area contributed by atoms with Crippen LogP contribution in [0.15, 0.2) is 85.7 Å². The zero-order valence-electron chi connectivity index (χ0n) is 17.4. The van der Waals surface area contributed by atoms with Crippen molar-refractivity contribution in [2.75, 3.05) is 6.26 Å². The van der Waals surface area contributed by atoms with E-state index in [1.54, 1.807) is 42.1 Å². The molecule has 0 aliphatic heterocycles. The number of thioether (sulfide) groups is 1. The van der Waals surface area contributed by atoms with Crippen molar-refractivity contribution in [2.45, 2.75) is 11.4 Å². The number of hydrogen-bond donors (Lipinski definition) is 1. The van der Waals surface area contributed by atoms with Crippen molar-refractivity contribution in [1.29, 1.82) is 0 Å². The number of hydrogen-bond acceptors (Lipinski definition) is 6. The molecule has 1 N–H and O–H groups in total. The van der Waals surface area contributed by atoms with Crippen LogP contribution >= 0.6 is 11.8 Å². The molecule has 7 nitrogen and oxygen atoms in total. The summed E-state index contributed by atoms with van der Waals surface area (Å²) in [5, 5.41) is 4.33. The van der Waals surface area contributed by atoms with E-state index in [1.807, 2.05) is 30.5 Å². The molecule has 2 heterocycles. The highest BCUT2D eigenvalue weighted by atomic mass is 32.2. The van der Waals surface area contributed by atoms with E-state index in [2.05, 4.69) is 15.1 Å². The molecule has 3 aromatic carbocycles. The quantitative estimate of drug-likeness (QED) is 0.393. The molecule has 0 aliphatic carbocycles. The minimum absolute atomic E-state index is 0.166. The third-order valence-corrected chi connectivity index (χ3v) is 6.03. The van der Waals surface area contributed by atoms with Crippen molar-refractivity contribution in [3.8, 4) is 22.8 Å². The Morgan fingerprint density at radius 2 is 1.79 bits per heavy atom. The number of fused-ring (bicyclic) bond motifs is 1. The summed E-state index contributed by atoms with van der Waals surface area (Å²) >= 11 is 1.64. The Kier molecular flexibility index (Phi) is 5.39. The molecule has 0 amide bonds. The van der Waals surface area contributed by atoms with Gasteiger partial charge >= 0.3 is 5.69 Å². The Balaban J connectivity index is 1.50. The van der Waals surface area contributed by atoms with Gasteiger partial charge in [0.1, 0.15) is 5.82 Å². The molecule has 164 valence electrons. The van der Waals surface area contributed by atoms with Crippen molar-refractivity contribution < 1.29 is 8.91 Å². The number of aromatic amines is 1. The normalized spacial score (nSPS) is 11.2. The van der Waals surface area contributed by atoms with Crippen LogP contribution in [0.4, 0.5) is 4.39 Å². The van der Waals surface area contributed by atoms with Gasteiger partial charge in [-0.3, -0.25) is 9.36 Å². The fourth-order valence-electron chi connectivity index (χ4n) is 3.53. The van der Waals surface area contributed by atoms with E-state index >= 15 is 0 Å². The van der Waals surface area contributed by atoms with Gasteiger partial charge in [-0.05, 0) is 54.8 Å². The largest absolute Gasteiger partial charge is 0.334 e. The number of H-pyrrole nitrogens is 1. The molecule has 0 spiro atoms.